The highest BCUT2D eigenvalue weighted by atomic mass is 32.2. The van der Waals surface area contributed by atoms with Crippen LogP contribution < -0.4 is 10.1 Å². The van der Waals surface area contributed by atoms with Crippen LogP contribution in [0.2, 0.25) is 0 Å². The number of rotatable bonds is 7. The summed E-state index contributed by atoms with van der Waals surface area (Å²) in [4.78, 5) is 36.5. The molecular formula is C19H17N3O5S. The Bertz CT molecular complexity index is 960. The Hall–Kier alpha value is -3.33. The summed E-state index contributed by atoms with van der Waals surface area (Å²) in [6, 6.07) is 13.1. The highest BCUT2D eigenvalue weighted by molar-refractivity contribution is 8.18. The molecule has 0 spiro atoms. The van der Waals surface area contributed by atoms with Crippen LogP contribution in [0.3, 0.4) is 0 Å². The van der Waals surface area contributed by atoms with Crippen LogP contribution in [0.15, 0.2) is 53.4 Å². The van der Waals surface area contributed by atoms with Gasteiger partial charge in [0.25, 0.3) is 16.8 Å². The molecule has 0 aliphatic carbocycles. The fourth-order valence-corrected chi connectivity index (χ4v) is 3.39. The Morgan fingerprint density at radius 1 is 1.21 bits per heavy atom. The number of nitro groups is 1. The second kappa shape index (κ2) is 8.57. The molecule has 8 nitrogen and oxygen atoms in total. The molecule has 2 aromatic carbocycles. The summed E-state index contributed by atoms with van der Waals surface area (Å²) in [5, 5.41) is 13.3. The zero-order valence-electron chi connectivity index (χ0n) is 15.0. The van der Waals surface area contributed by atoms with Crippen LogP contribution in [0.1, 0.15) is 12.5 Å². The third kappa shape index (κ3) is 4.32. The number of non-ortho nitro benzene ring substituents is 1. The largest absolute Gasteiger partial charge is 0.493 e. The van der Waals surface area contributed by atoms with Crippen LogP contribution >= 0.6 is 11.8 Å². The standard InChI is InChI=1S/C19H17N3O5S/c1-2-27-16-9-4-3-6-13(16)10-17-18(23)21(19(24)28-17)12-20-14-7-5-8-15(11-14)22(25)26/h3-11,20H,2,12H2,1H3/b17-10-. The van der Waals surface area contributed by atoms with Gasteiger partial charge in [-0.1, -0.05) is 24.3 Å². The van der Waals surface area contributed by atoms with Crippen LogP contribution in [0, 0.1) is 10.1 Å². The number of imide groups is 1. The van der Waals surface area contributed by atoms with Crippen molar-refractivity contribution in [2.24, 2.45) is 0 Å². The van der Waals surface area contributed by atoms with Crippen LogP contribution in [-0.4, -0.2) is 34.2 Å². The molecule has 28 heavy (non-hydrogen) atoms. The molecule has 1 aliphatic heterocycles. The first-order valence-corrected chi connectivity index (χ1v) is 9.26. The number of carbonyl (C=O) groups excluding carboxylic acids is 2. The average Bonchev–Trinajstić information content (AvgIpc) is 2.95. The lowest BCUT2D eigenvalue weighted by Crippen LogP contribution is -2.33. The molecule has 1 heterocycles. The van der Waals surface area contributed by atoms with Crippen molar-refractivity contribution in [3.05, 3.63) is 69.1 Å². The van der Waals surface area contributed by atoms with Gasteiger partial charge in [-0.25, -0.2) is 0 Å². The van der Waals surface area contributed by atoms with Gasteiger partial charge in [0.15, 0.2) is 0 Å². The first kappa shape index (κ1) is 19.4. The van der Waals surface area contributed by atoms with Crippen molar-refractivity contribution in [1.29, 1.82) is 0 Å². The molecule has 1 fully saturated rings. The first-order valence-electron chi connectivity index (χ1n) is 8.45. The third-order valence-corrected chi connectivity index (χ3v) is 4.78. The fraction of sp³-hybridized carbons (Fsp3) is 0.158. The minimum absolute atomic E-state index is 0.0773. The van der Waals surface area contributed by atoms with E-state index >= 15 is 0 Å². The van der Waals surface area contributed by atoms with E-state index in [1.54, 1.807) is 24.3 Å². The van der Waals surface area contributed by atoms with Crippen molar-refractivity contribution in [3.63, 3.8) is 0 Å². The number of carbonyl (C=O) groups is 2. The van der Waals surface area contributed by atoms with Gasteiger partial charge in [0, 0.05) is 23.4 Å². The van der Waals surface area contributed by atoms with Gasteiger partial charge in [-0.15, -0.1) is 0 Å². The van der Waals surface area contributed by atoms with E-state index in [0.717, 1.165) is 16.7 Å². The van der Waals surface area contributed by atoms with E-state index in [2.05, 4.69) is 5.32 Å². The number of hydrogen-bond acceptors (Lipinski definition) is 7. The Labute approximate surface area is 165 Å². The molecule has 0 radical (unpaired) electrons. The summed E-state index contributed by atoms with van der Waals surface area (Å²) in [5.74, 6) is 0.200. The minimum Gasteiger partial charge on any atom is -0.493 e. The van der Waals surface area contributed by atoms with E-state index in [0.29, 0.717) is 23.6 Å². The summed E-state index contributed by atoms with van der Waals surface area (Å²) >= 11 is 0.841. The maximum atomic E-state index is 12.6. The molecular weight excluding hydrogens is 382 g/mol. The number of ether oxygens (including phenoxy) is 1. The smallest absolute Gasteiger partial charge is 0.295 e. The average molecular weight is 399 g/mol. The SMILES string of the molecule is CCOc1ccccc1/C=C1\SC(=O)N(CNc2cccc([N+](=O)[O-])c2)C1=O. The van der Waals surface area contributed by atoms with E-state index in [4.69, 9.17) is 4.74 Å². The topological polar surface area (TPSA) is 102 Å². The molecule has 3 rings (SSSR count). The van der Waals surface area contributed by atoms with Crippen molar-refractivity contribution in [2.45, 2.75) is 6.92 Å². The first-order chi connectivity index (χ1) is 13.5. The van der Waals surface area contributed by atoms with Gasteiger partial charge in [0.05, 0.1) is 23.1 Å². The van der Waals surface area contributed by atoms with E-state index < -0.39 is 16.1 Å². The van der Waals surface area contributed by atoms with Gasteiger partial charge in [0.1, 0.15) is 5.75 Å². The third-order valence-electron chi connectivity index (χ3n) is 3.88. The van der Waals surface area contributed by atoms with Gasteiger partial charge in [0.2, 0.25) is 0 Å². The van der Waals surface area contributed by atoms with Crippen LogP contribution in [0.5, 0.6) is 5.75 Å². The lowest BCUT2D eigenvalue weighted by atomic mass is 10.2. The molecule has 0 aromatic heterocycles. The van der Waals surface area contributed by atoms with E-state index in [1.807, 2.05) is 19.1 Å². The summed E-state index contributed by atoms with van der Waals surface area (Å²) in [7, 11) is 0. The van der Waals surface area contributed by atoms with Crippen LogP contribution in [-0.2, 0) is 4.79 Å². The van der Waals surface area contributed by atoms with Crippen LogP contribution in [0.4, 0.5) is 16.2 Å². The molecule has 2 amide bonds. The molecule has 0 unspecified atom stereocenters. The van der Waals surface area contributed by atoms with Gasteiger partial charge in [-0.3, -0.25) is 24.6 Å². The zero-order valence-corrected chi connectivity index (χ0v) is 15.8. The Kier molecular flexibility index (Phi) is 5.95. The molecule has 0 saturated carbocycles. The predicted molar refractivity (Wildman–Crippen MR) is 107 cm³/mol. The number of nitrogens with one attached hydrogen (secondary N) is 1. The molecule has 144 valence electrons. The Balaban J connectivity index is 1.74. The van der Waals surface area contributed by atoms with Crippen molar-refractivity contribution >= 4 is 40.4 Å². The van der Waals surface area contributed by atoms with Crippen molar-refractivity contribution < 1.29 is 19.2 Å². The number of anilines is 1. The summed E-state index contributed by atoms with van der Waals surface area (Å²) in [6.45, 7) is 2.26. The monoisotopic (exact) mass is 399 g/mol. The van der Waals surface area contributed by atoms with Gasteiger partial charge < -0.3 is 10.1 Å². The minimum atomic E-state index is -0.510. The number of thioether (sulfide) groups is 1. The molecule has 1 aliphatic rings. The molecule has 1 N–H and O–H groups in total. The van der Waals surface area contributed by atoms with Crippen LogP contribution in [0.25, 0.3) is 6.08 Å². The normalized spacial score (nSPS) is 15.2. The van der Waals surface area contributed by atoms with Gasteiger partial charge in [-0.05, 0) is 36.9 Å². The van der Waals surface area contributed by atoms with Crippen molar-refractivity contribution in [2.75, 3.05) is 18.6 Å². The van der Waals surface area contributed by atoms with Crippen molar-refractivity contribution in [3.8, 4) is 5.75 Å². The zero-order chi connectivity index (χ0) is 20.1. The number of benzene rings is 2. The highest BCUT2D eigenvalue weighted by Crippen LogP contribution is 2.34. The summed E-state index contributed by atoms with van der Waals surface area (Å²) in [5.41, 5.74) is 1.08. The maximum absolute atomic E-state index is 12.6. The second-order valence-corrected chi connectivity index (χ2v) is 6.72. The molecule has 9 heteroatoms. The van der Waals surface area contributed by atoms with E-state index in [-0.39, 0.29) is 17.3 Å². The predicted octanol–water partition coefficient (Wildman–Crippen LogP) is 4.10. The number of nitro benzene ring substituents is 1. The number of amides is 2. The Morgan fingerprint density at radius 2 is 2.00 bits per heavy atom. The lowest BCUT2D eigenvalue weighted by molar-refractivity contribution is -0.384. The van der Waals surface area contributed by atoms with E-state index in [1.165, 1.54) is 18.2 Å². The maximum Gasteiger partial charge on any atom is 0.295 e. The number of para-hydroxylation sites is 1. The summed E-state index contributed by atoms with van der Waals surface area (Å²) < 4.78 is 5.54. The van der Waals surface area contributed by atoms with Gasteiger partial charge >= 0.3 is 0 Å². The van der Waals surface area contributed by atoms with Gasteiger partial charge in [-0.2, -0.15) is 0 Å². The molecule has 0 bridgehead atoms. The number of hydrogen-bond donors (Lipinski definition) is 1. The summed E-state index contributed by atoms with van der Waals surface area (Å²) in [6.07, 6.45) is 1.63. The molecule has 1 saturated heterocycles. The van der Waals surface area contributed by atoms with E-state index in [9.17, 15) is 19.7 Å². The second-order valence-electron chi connectivity index (χ2n) is 5.72. The molecule has 2 aromatic rings. The number of nitrogens with zero attached hydrogens (tertiary/aromatic N) is 2. The molecule has 0 atom stereocenters. The fourth-order valence-electron chi connectivity index (χ4n) is 2.56. The Morgan fingerprint density at radius 3 is 2.75 bits per heavy atom. The van der Waals surface area contributed by atoms with Crippen molar-refractivity contribution in [1.82, 2.24) is 4.90 Å². The highest BCUT2D eigenvalue weighted by Gasteiger charge is 2.35. The quantitative estimate of drug-likeness (QED) is 0.425. The lowest BCUT2D eigenvalue weighted by Gasteiger charge is -2.14.